The van der Waals surface area contributed by atoms with Crippen molar-refractivity contribution in [1.82, 2.24) is 14.5 Å². The van der Waals surface area contributed by atoms with E-state index < -0.39 is 17.9 Å². The molecule has 2 atom stereocenters. The molecule has 8 heteroatoms. The zero-order valence-corrected chi connectivity index (χ0v) is 25.5. The Morgan fingerprint density at radius 3 is 2.40 bits per heavy atom. The van der Waals surface area contributed by atoms with Crippen LogP contribution in [-0.4, -0.2) is 59.6 Å². The Labute approximate surface area is 248 Å². The number of rotatable bonds is 12. The zero-order chi connectivity index (χ0) is 30.2. The molecule has 0 saturated carbocycles. The van der Waals surface area contributed by atoms with Crippen LogP contribution in [0.3, 0.4) is 0 Å². The number of aryl methyl sites for hydroxylation is 2. The van der Waals surface area contributed by atoms with Crippen molar-refractivity contribution >= 4 is 11.8 Å². The van der Waals surface area contributed by atoms with Crippen LogP contribution in [0.25, 0.3) is 11.1 Å². The summed E-state index contributed by atoms with van der Waals surface area (Å²) in [6.07, 6.45) is 6.03. The number of esters is 1. The lowest BCUT2D eigenvalue weighted by Crippen LogP contribution is -2.36. The lowest BCUT2D eigenvalue weighted by Gasteiger charge is -2.27. The van der Waals surface area contributed by atoms with Gasteiger partial charge in [-0.2, -0.15) is 0 Å². The maximum absolute atomic E-state index is 14.1. The largest absolute Gasteiger partial charge is 0.469 e. The highest BCUT2D eigenvalue weighted by atomic mass is 16.5. The van der Waals surface area contributed by atoms with Crippen molar-refractivity contribution < 1.29 is 19.1 Å². The first kappa shape index (κ1) is 31.3. The molecule has 2 aromatic heterocycles. The lowest BCUT2D eigenvalue weighted by molar-refractivity contribution is -0.141. The minimum Gasteiger partial charge on any atom is -0.469 e. The molecule has 8 nitrogen and oxygen atoms in total. The molecule has 1 fully saturated rings. The third-order valence-electron chi connectivity index (χ3n) is 8.00. The van der Waals surface area contributed by atoms with E-state index in [4.69, 9.17) is 9.47 Å². The number of Topliss-reactive ketones (excluding diaryl/α,β-unsaturated/α-hetero) is 1. The van der Waals surface area contributed by atoms with Crippen LogP contribution in [0.15, 0.2) is 59.8 Å². The molecule has 224 valence electrons. The van der Waals surface area contributed by atoms with Crippen LogP contribution in [0.4, 0.5) is 0 Å². The molecular formula is C34H43N3O5. The van der Waals surface area contributed by atoms with Crippen molar-refractivity contribution in [3.63, 3.8) is 0 Å². The molecule has 1 saturated heterocycles. The van der Waals surface area contributed by atoms with Crippen molar-refractivity contribution in [3.05, 3.63) is 87.6 Å². The second-order valence-electron chi connectivity index (χ2n) is 11.7. The summed E-state index contributed by atoms with van der Waals surface area (Å²) in [5, 5.41) is 0. The van der Waals surface area contributed by atoms with E-state index in [1.807, 2.05) is 44.4 Å². The quantitative estimate of drug-likeness (QED) is 0.273. The van der Waals surface area contributed by atoms with Gasteiger partial charge in [-0.3, -0.25) is 24.3 Å². The zero-order valence-electron chi connectivity index (χ0n) is 25.5. The van der Waals surface area contributed by atoms with Gasteiger partial charge in [0.15, 0.2) is 5.78 Å². The van der Waals surface area contributed by atoms with Crippen LogP contribution in [-0.2, 0) is 25.6 Å². The van der Waals surface area contributed by atoms with E-state index in [9.17, 15) is 14.4 Å². The van der Waals surface area contributed by atoms with Gasteiger partial charge in [0.25, 0.3) is 5.56 Å². The predicted octanol–water partition coefficient (Wildman–Crippen LogP) is 5.25. The van der Waals surface area contributed by atoms with Crippen molar-refractivity contribution in [1.29, 1.82) is 0 Å². The van der Waals surface area contributed by atoms with Gasteiger partial charge < -0.3 is 14.0 Å². The highest BCUT2D eigenvalue weighted by Crippen LogP contribution is 2.33. The van der Waals surface area contributed by atoms with Crippen LogP contribution in [0.2, 0.25) is 0 Å². The van der Waals surface area contributed by atoms with Gasteiger partial charge in [0, 0.05) is 62.2 Å². The monoisotopic (exact) mass is 573 g/mol. The molecule has 0 aliphatic carbocycles. The molecule has 0 amide bonds. The summed E-state index contributed by atoms with van der Waals surface area (Å²) in [4.78, 5) is 46.5. The number of methoxy groups -OCH3 is 1. The standard InChI is InChI=1S/C34H43N3O5/c1-23(2)15-30(37-22-26(9-10-32(37)39)21-36-11-13-42-14-12-36)31(38)17-27(18-33(40)41-5)28-16-29(20-35-19-28)34-24(3)7-6-8-25(34)4/h6-10,16,19-20,22-23,27,30H,11-15,17-18,21H2,1-5H3/t27-,30?/m0/s1. The normalized spacial score (nSPS) is 15.4. The molecule has 1 unspecified atom stereocenters. The molecule has 42 heavy (non-hydrogen) atoms. The van der Waals surface area contributed by atoms with Crippen LogP contribution >= 0.6 is 0 Å². The van der Waals surface area contributed by atoms with Crippen molar-refractivity contribution in [2.45, 2.75) is 65.5 Å². The summed E-state index contributed by atoms with van der Waals surface area (Å²) in [6.45, 7) is 11.9. The Hall–Kier alpha value is -3.62. The second-order valence-corrected chi connectivity index (χ2v) is 11.7. The topological polar surface area (TPSA) is 90.7 Å². The van der Waals surface area contributed by atoms with Crippen LogP contribution in [0, 0.1) is 19.8 Å². The van der Waals surface area contributed by atoms with E-state index in [1.165, 1.54) is 7.11 Å². The third kappa shape index (κ3) is 8.01. The summed E-state index contributed by atoms with van der Waals surface area (Å²) >= 11 is 0. The predicted molar refractivity (Wildman–Crippen MR) is 163 cm³/mol. The first-order valence-corrected chi connectivity index (χ1v) is 14.8. The van der Waals surface area contributed by atoms with E-state index in [2.05, 4.69) is 35.9 Å². The number of morpholine rings is 1. The number of ether oxygens (including phenoxy) is 2. The number of hydrogen-bond donors (Lipinski definition) is 0. The number of nitrogens with zero attached hydrogens (tertiary/aromatic N) is 3. The Morgan fingerprint density at radius 2 is 1.74 bits per heavy atom. The Bertz CT molecular complexity index is 1420. The molecule has 1 aliphatic rings. The highest BCUT2D eigenvalue weighted by molar-refractivity contribution is 5.84. The first-order valence-electron chi connectivity index (χ1n) is 14.8. The molecule has 1 aromatic carbocycles. The molecule has 0 spiro atoms. The Balaban J connectivity index is 1.66. The number of carbonyl (C=O) groups is 2. The van der Waals surface area contributed by atoms with Crippen LogP contribution in [0.1, 0.15) is 67.3 Å². The molecule has 4 rings (SSSR count). The number of pyridine rings is 2. The molecular weight excluding hydrogens is 530 g/mol. The average molecular weight is 574 g/mol. The Kier molecular flexibility index (Phi) is 10.8. The smallest absolute Gasteiger partial charge is 0.306 e. The van der Waals surface area contributed by atoms with Gasteiger partial charge >= 0.3 is 5.97 Å². The number of carbonyl (C=O) groups excluding carboxylic acids is 2. The van der Waals surface area contributed by atoms with Crippen LogP contribution < -0.4 is 5.56 Å². The lowest BCUT2D eigenvalue weighted by atomic mass is 9.86. The Morgan fingerprint density at radius 1 is 1.02 bits per heavy atom. The van der Waals surface area contributed by atoms with E-state index >= 15 is 0 Å². The SMILES string of the molecule is COC(=O)C[C@H](CC(=O)C(CC(C)C)n1cc(CN2CCOCC2)ccc1=O)c1cncc(-c2c(C)cccc2C)c1. The summed E-state index contributed by atoms with van der Waals surface area (Å²) in [5.41, 5.74) is 5.86. The van der Waals surface area contributed by atoms with Gasteiger partial charge in [-0.25, -0.2) is 0 Å². The average Bonchev–Trinajstić information content (AvgIpc) is 2.97. The van der Waals surface area contributed by atoms with Gasteiger partial charge in [0.1, 0.15) is 0 Å². The maximum atomic E-state index is 14.1. The molecule has 0 radical (unpaired) electrons. The van der Waals surface area contributed by atoms with Gasteiger partial charge in [-0.15, -0.1) is 0 Å². The van der Waals surface area contributed by atoms with Gasteiger partial charge in [0.2, 0.25) is 0 Å². The molecule has 1 aliphatic heterocycles. The molecule has 0 bridgehead atoms. The summed E-state index contributed by atoms with van der Waals surface area (Å²) in [7, 11) is 1.35. The number of benzene rings is 1. The first-order chi connectivity index (χ1) is 20.2. The van der Waals surface area contributed by atoms with Crippen molar-refractivity contribution in [2.75, 3.05) is 33.4 Å². The van der Waals surface area contributed by atoms with E-state index in [-0.39, 0.29) is 30.1 Å². The summed E-state index contributed by atoms with van der Waals surface area (Å²) in [5.74, 6) is -0.735. The molecule has 3 heterocycles. The van der Waals surface area contributed by atoms with E-state index in [0.717, 1.165) is 46.5 Å². The van der Waals surface area contributed by atoms with Gasteiger partial charge in [-0.05, 0) is 60.1 Å². The molecule has 0 N–H and O–H groups in total. The summed E-state index contributed by atoms with van der Waals surface area (Å²) < 4.78 is 12.1. The number of hydrogen-bond acceptors (Lipinski definition) is 7. The maximum Gasteiger partial charge on any atom is 0.306 e. The van der Waals surface area contributed by atoms with Gasteiger partial charge in [0.05, 0.1) is 32.8 Å². The van der Waals surface area contributed by atoms with Crippen LogP contribution in [0.5, 0.6) is 0 Å². The van der Waals surface area contributed by atoms with Crippen molar-refractivity contribution in [2.24, 2.45) is 5.92 Å². The fourth-order valence-corrected chi connectivity index (χ4v) is 5.81. The van der Waals surface area contributed by atoms with E-state index in [1.54, 1.807) is 16.8 Å². The van der Waals surface area contributed by atoms with Crippen molar-refractivity contribution in [3.8, 4) is 11.1 Å². The van der Waals surface area contributed by atoms with E-state index in [0.29, 0.717) is 26.2 Å². The summed E-state index contributed by atoms with van der Waals surface area (Å²) in [6, 6.07) is 10.9. The van der Waals surface area contributed by atoms with Gasteiger partial charge in [-0.1, -0.05) is 38.1 Å². The number of ketones is 1. The third-order valence-corrected chi connectivity index (χ3v) is 8.00. The highest BCUT2D eigenvalue weighted by Gasteiger charge is 2.28. The number of aromatic nitrogens is 2. The minimum absolute atomic E-state index is 0.0422. The molecule has 3 aromatic rings. The minimum atomic E-state index is -0.642. The fourth-order valence-electron chi connectivity index (χ4n) is 5.81. The fraction of sp³-hybridized carbons (Fsp3) is 0.471. The second kappa shape index (κ2) is 14.5.